The molecule has 1 amide bonds. The molecule has 3 aromatic rings. The van der Waals surface area contributed by atoms with Gasteiger partial charge in [0, 0.05) is 10.0 Å². The first-order chi connectivity index (χ1) is 18.8. The Morgan fingerprint density at radius 2 is 1.97 bits per heavy atom. The number of anilines is 1. The van der Waals surface area contributed by atoms with Crippen molar-refractivity contribution in [3.63, 3.8) is 0 Å². The van der Waals surface area contributed by atoms with Crippen LogP contribution in [0.2, 0.25) is 0 Å². The third kappa shape index (κ3) is 5.97. The van der Waals surface area contributed by atoms with E-state index in [4.69, 9.17) is 9.47 Å². The third-order valence-corrected chi connectivity index (χ3v) is 7.64. The largest absolute Gasteiger partial charge is 0.507 e. The number of ether oxygens (including phenoxy) is 2. The summed E-state index contributed by atoms with van der Waals surface area (Å²) in [6.07, 6.45) is 3.37. The maximum absolute atomic E-state index is 13.4. The fourth-order valence-electron chi connectivity index (χ4n) is 4.10. The summed E-state index contributed by atoms with van der Waals surface area (Å²) in [7, 11) is 0. The van der Waals surface area contributed by atoms with E-state index in [1.807, 2.05) is 6.07 Å². The SMILES string of the molecule is C=CCOC(=O)c1sc(N2C(=O)C(=O)C(=C(O)c3ccc(OCCCC)cc3)[C@@H]2c2cccc(Br)c2)nc1C. The van der Waals surface area contributed by atoms with Gasteiger partial charge in [-0.1, -0.05) is 65.4 Å². The fraction of sp³-hybridized carbons (Fsp3) is 0.241. The molecule has 0 bridgehead atoms. The smallest absolute Gasteiger partial charge is 0.350 e. The predicted molar refractivity (Wildman–Crippen MR) is 153 cm³/mol. The molecule has 0 unspecified atom stereocenters. The standard InChI is InChI=1S/C29H27BrN2O6S/c1-4-6-15-37-21-12-10-18(11-13-21)24(33)22-23(19-8-7-9-20(30)16-19)32(27(35)25(22)34)29-31-17(3)26(39-29)28(36)38-14-5-2/h5,7-13,16,23,33H,2,4,6,14-15H2,1,3H3/t23-/m0/s1. The first-order valence-corrected chi connectivity index (χ1v) is 13.9. The number of hydrogen-bond acceptors (Lipinski definition) is 8. The molecule has 1 fully saturated rings. The number of ketones is 1. The number of carbonyl (C=O) groups is 3. The highest BCUT2D eigenvalue weighted by atomic mass is 79.9. The number of halogens is 1. The van der Waals surface area contributed by atoms with E-state index < -0.39 is 23.7 Å². The van der Waals surface area contributed by atoms with Crippen molar-refractivity contribution in [3.05, 3.63) is 92.9 Å². The van der Waals surface area contributed by atoms with E-state index in [1.165, 1.54) is 11.0 Å². The van der Waals surface area contributed by atoms with Crippen LogP contribution in [-0.4, -0.2) is 41.0 Å². The molecule has 4 rings (SSSR count). The van der Waals surface area contributed by atoms with Crippen LogP contribution in [0.25, 0.3) is 5.76 Å². The molecular formula is C29H27BrN2O6S. The van der Waals surface area contributed by atoms with Gasteiger partial charge in [0.2, 0.25) is 0 Å². The Morgan fingerprint density at radius 3 is 2.64 bits per heavy atom. The van der Waals surface area contributed by atoms with Gasteiger partial charge in [-0.05, 0) is 55.3 Å². The number of esters is 1. The van der Waals surface area contributed by atoms with Gasteiger partial charge in [0.1, 0.15) is 23.0 Å². The molecule has 0 spiro atoms. The van der Waals surface area contributed by atoms with Crippen LogP contribution in [0.3, 0.4) is 0 Å². The van der Waals surface area contributed by atoms with Crippen molar-refractivity contribution in [1.29, 1.82) is 0 Å². The van der Waals surface area contributed by atoms with Crippen LogP contribution in [0.5, 0.6) is 5.75 Å². The van der Waals surface area contributed by atoms with Crippen molar-refractivity contribution in [2.75, 3.05) is 18.1 Å². The molecule has 1 aliphatic rings. The van der Waals surface area contributed by atoms with Crippen molar-refractivity contribution in [1.82, 2.24) is 4.98 Å². The van der Waals surface area contributed by atoms with E-state index >= 15 is 0 Å². The zero-order valence-corrected chi connectivity index (χ0v) is 23.9. The normalized spacial score (nSPS) is 16.4. The van der Waals surface area contributed by atoms with Crippen LogP contribution in [0, 0.1) is 6.92 Å². The summed E-state index contributed by atoms with van der Waals surface area (Å²) < 4.78 is 11.6. The molecule has 202 valence electrons. The van der Waals surface area contributed by atoms with E-state index in [0.717, 1.165) is 28.7 Å². The number of carbonyl (C=O) groups excluding carboxylic acids is 3. The molecule has 0 saturated carbocycles. The first-order valence-electron chi connectivity index (χ1n) is 12.3. The fourth-order valence-corrected chi connectivity index (χ4v) is 5.50. The molecule has 0 aliphatic carbocycles. The predicted octanol–water partition coefficient (Wildman–Crippen LogP) is 6.36. The van der Waals surface area contributed by atoms with Crippen molar-refractivity contribution in [3.8, 4) is 5.75 Å². The van der Waals surface area contributed by atoms with Gasteiger partial charge in [0.15, 0.2) is 5.13 Å². The molecule has 39 heavy (non-hydrogen) atoms. The zero-order chi connectivity index (χ0) is 28.1. The number of nitrogens with zero attached hydrogens (tertiary/aromatic N) is 2. The second kappa shape index (κ2) is 12.4. The molecule has 10 heteroatoms. The number of thiazole rings is 1. The summed E-state index contributed by atoms with van der Waals surface area (Å²) in [4.78, 5) is 45.2. The number of aliphatic hydroxyl groups is 1. The lowest BCUT2D eigenvalue weighted by Gasteiger charge is -2.23. The molecule has 1 saturated heterocycles. The molecule has 1 aromatic heterocycles. The molecule has 2 heterocycles. The first kappa shape index (κ1) is 28.3. The van der Waals surface area contributed by atoms with Gasteiger partial charge in [0.05, 0.1) is 23.9 Å². The van der Waals surface area contributed by atoms with Crippen molar-refractivity contribution in [2.24, 2.45) is 0 Å². The molecule has 1 atom stereocenters. The topological polar surface area (TPSA) is 106 Å². The number of benzene rings is 2. The van der Waals surface area contributed by atoms with Gasteiger partial charge in [-0.2, -0.15) is 0 Å². The summed E-state index contributed by atoms with van der Waals surface area (Å²) >= 11 is 4.39. The highest BCUT2D eigenvalue weighted by Gasteiger charge is 2.48. The number of hydrogen-bond donors (Lipinski definition) is 1. The maximum Gasteiger partial charge on any atom is 0.350 e. The number of aryl methyl sites for hydroxylation is 1. The second-order valence-electron chi connectivity index (χ2n) is 8.75. The van der Waals surface area contributed by atoms with Gasteiger partial charge in [0.25, 0.3) is 5.78 Å². The molecule has 1 N–H and O–H groups in total. The van der Waals surface area contributed by atoms with Crippen molar-refractivity contribution < 1.29 is 29.0 Å². The Hall–Kier alpha value is -3.76. The van der Waals surface area contributed by atoms with Gasteiger partial charge < -0.3 is 14.6 Å². The average Bonchev–Trinajstić information content (AvgIpc) is 3.44. The maximum atomic E-state index is 13.4. The average molecular weight is 612 g/mol. The third-order valence-electron chi connectivity index (χ3n) is 6.01. The Morgan fingerprint density at radius 1 is 1.23 bits per heavy atom. The minimum Gasteiger partial charge on any atom is -0.507 e. The Labute approximate surface area is 238 Å². The van der Waals surface area contributed by atoms with Crippen LogP contribution in [-0.2, 0) is 14.3 Å². The number of Topliss-reactive ketones (excluding diaryl/α,β-unsaturated/α-hetero) is 1. The van der Waals surface area contributed by atoms with Gasteiger partial charge in [-0.3, -0.25) is 14.5 Å². The molecule has 2 aromatic carbocycles. The van der Waals surface area contributed by atoms with Crippen LogP contribution >= 0.6 is 27.3 Å². The Balaban J connectivity index is 1.80. The van der Waals surface area contributed by atoms with E-state index in [-0.39, 0.29) is 27.9 Å². The number of aromatic nitrogens is 1. The van der Waals surface area contributed by atoms with E-state index in [1.54, 1.807) is 49.4 Å². The van der Waals surface area contributed by atoms with Gasteiger partial charge in [-0.25, -0.2) is 9.78 Å². The molecule has 0 radical (unpaired) electrons. The van der Waals surface area contributed by atoms with Crippen LogP contribution < -0.4 is 9.64 Å². The highest BCUT2D eigenvalue weighted by Crippen LogP contribution is 2.44. The van der Waals surface area contributed by atoms with Crippen LogP contribution in [0.1, 0.15) is 52.3 Å². The molecular weight excluding hydrogens is 584 g/mol. The van der Waals surface area contributed by atoms with E-state index in [9.17, 15) is 19.5 Å². The number of aliphatic hydroxyl groups excluding tert-OH is 1. The monoisotopic (exact) mass is 610 g/mol. The van der Waals surface area contributed by atoms with Gasteiger partial charge in [-0.15, -0.1) is 0 Å². The van der Waals surface area contributed by atoms with Crippen LogP contribution in [0.15, 0.2) is 71.2 Å². The summed E-state index contributed by atoms with van der Waals surface area (Å²) in [6, 6.07) is 12.8. The highest BCUT2D eigenvalue weighted by molar-refractivity contribution is 9.10. The van der Waals surface area contributed by atoms with Crippen molar-refractivity contribution >= 4 is 55.8 Å². The minimum atomic E-state index is -0.981. The summed E-state index contributed by atoms with van der Waals surface area (Å²) in [5.41, 5.74) is 1.21. The number of rotatable bonds is 10. The van der Waals surface area contributed by atoms with Crippen molar-refractivity contribution in [2.45, 2.75) is 32.7 Å². The lowest BCUT2D eigenvalue weighted by Crippen LogP contribution is -2.29. The summed E-state index contributed by atoms with van der Waals surface area (Å²) in [6.45, 7) is 7.84. The Bertz CT molecular complexity index is 1450. The number of amides is 1. The number of unbranched alkanes of at least 4 members (excludes halogenated alkanes) is 1. The lowest BCUT2D eigenvalue weighted by molar-refractivity contribution is -0.132. The summed E-state index contributed by atoms with van der Waals surface area (Å²) in [5.74, 6) is -2.00. The van der Waals surface area contributed by atoms with Gasteiger partial charge >= 0.3 is 11.9 Å². The molecule has 1 aliphatic heterocycles. The molecule has 8 nitrogen and oxygen atoms in total. The van der Waals surface area contributed by atoms with Crippen LogP contribution in [0.4, 0.5) is 5.13 Å². The van der Waals surface area contributed by atoms with E-state index in [0.29, 0.717) is 29.2 Å². The Kier molecular flexibility index (Phi) is 8.98. The summed E-state index contributed by atoms with van der Waals surface area (Å²) in [5, 5.41) is 11.5. The van der Waals surface area contributed by atoms with E-state index in [2.05, 4.69) is 34.4 Å². The zero-order valence-electron chi connectivity index (χ0n) is 21.5. The second-order valence-corrected chi connectivity index (χ2v) is 10.6. The lowest BCUT2D eigenvalue weighted by atomic mass is 9.95. The quantitative estimate of drug-likeness (QED) is 0.0710. The minimum absolute atomic E-state index is 0.0243.